The van der Waals surface area contributed by atoms with Crippen LogP contribution in [0.3, 0.4) is 0 Å². The lowest BCUT2D eigenvalue weighted by molar-refractivity contribution is -0.197. The fourth-order valence-electron chi connectivity index (χ4n) is 1.63. The van der Waals surface area contributed by atoms with Gasteiger partial charge in [0.2, 0.25) is 0 Å². The fourth-order valence-corrected chi connectivity index (χ4v) is 1.63. The minimum absolute atomic E-state index is 0.870. The van der Waals surface area contributed by atoms with E-state index in [2.05, 4.69) is 0 Å². The Labute approximate surface area is 70.9 Å². The lowest BCUT2D eigenvalue weighted by atomic mass is 9.96. The maximum Gasteiger partial charge on any atom is 0.395 e. The molecule has 0 aromatic heterocycles. The van der Waals surface area contributed by atoms with Crippen molar-refractivity contribution in [3.63, 3.8) is 0 Å². The molecule has 0 nitrogen and oxygen atoms in total. The average Bonchev–Trinajstić information content (AvgIpc) is 2.14. The van der Waals surface area contributed by atoms with E-state index >= 15 is 0 Å². The Hall–Kier alpha value is -0.420. The summed E-state index contributed by atoms with van der Waals surface area (Å²) in [6.45, 7) is 0.870. The van der Waals surface area contributed by atoms with Gasteiger partial charge in [0.25, 0.3) is 0 Å². The number of rotatable bonds is 0. The summed E-state index contributed by atoms with van der Waals surface area (Å²) in [5, 5.41) is 0. The summed E-state index contributed by atoms with van der Waals surface area (Å²) in [7, 11) is 0. The van der Waals surface area contributed by atoms with E-state index in [9.17, 15) is 26.3 Å². The normalized spacial score (nSPS) is 46.8. The van der Waals surface area contributed by atoms with Gasteiger partial charge < -0.3 is 0 Å². The Balaban J connectivity index is 2.88. The van der Waals surface area contributed by atoms with Gasteiger partial charge in [-0.05, 0) is 0 Å². The smallest absolute Gasteiger partial charge is 0.244 e. The Bertz CT molecular complexity index is 174. The highest BCUT2D eigenvalue weighted by Gasteiger charge is 2.60. The zero-order valence-corrected chi connectivity index (χ0v) is 6.65. The molecule has 0 aliphatic heterocycles. The first-order chi connectivity index (χ1) is 5.76. The van der Waals surface area contributed by atoms with E-state index in [0.29, 0.717) is 0 Å². The summed E-state index contributed by atoms with van der Waals surface area (Å²) in [5.74, 6) is -4.16. The minimum Gasteiger partial charge on any atom is -0.244 e. The predicted octanol–water partition coefficient (Wildman–Crippen LogP) is 2.83. The fraction of sp³-hybridized carbons (Fsp3) is 1.00. The molecule has 5 atom stereocenters. The second-order valence-electron chi connectivity index (χ2n) is 3.26. The molecule has 0 bridgehead atoms. The molecule has 0 aromatic carbocycles. The topological polar surface area (TPSA) is 0 Å². The van der Waals surface area contributed by atoms with Crippen molar-refractivity contribution >= 4 is 0 Å². The molecule has 1 aliphatic carbocycles. The van der Waals surface area contributed by atoms with E-state index in [0.717, 1.165) is 6.92 Å². The van der Waals surface area contributed by atoms with Gasteiger partial charge in [-0.2, -0.15) is 13.2 Å². The van der Waals surface area contributed by atoms with E-state index in [4.69, 9.17) is 0 Å². The molecule has 0 radical (unpaired) electrons. The van der Waals surface area contributed by atoms with Gasteiger partial charge in [0, 0.05) is 5.92 Å². The summed E-state index contributed by atoms with van der Waals surface area (Å²) in [4.78, 5) is 0. The van der Waals surface area contributed by atoms with Crippen molar-refractivity contribution in [1.82, 2.24) is 0 Å². The van der Waals surface area contributed by atoms with Gasteiger partial charge in [0.05, 0.1) is 5.92 Å². The van der Waals surface area contributed by atoms with Crippen LogP contribution in [0.5, 0.6) is 0 Å². The highest BCUT2D eigenvalue weighted by Crippen LogP contribution is 2.46. The summed E-state index contributed by atoms with van der Waals surface area (Å²) in [5.41, 5.74) is 0. The van der Waals surface area contributed by atoms with Gasteiger partial charge in [-0.15, -0.1) is 0 Å². The van der Waals surface area contributed by atoms with Gasteiger partial charge in [-0.3, -0.25) is 0 Å². The highest BCUT2D eigenvalue weighted by molar-refractivity contribution is 4.99. The van der Waals surface area contributed by atoms with Crippen LogP contribution in [-0.4, -0.2) is 24.7 Å². The van der Waals surface area contributed by atoms with Gasteiger partial charge in [0.15, 0.2) is 6.17 Å². The molecule has 1 aliphatic rings. The van der Waals surface area contributed by atoms with Gasteiger partial charge in [-0.25, -0.2) is 13.2 Å². The monoisotopic (exact) mass is 206 g/mol. The molecule has 0 N–H and O–H groups in total. The largest absolute Gasteiger partial charge is 0.395 e. The van der Waals surface area contributed by atoms with Crippen LogP contribution in [0.15, 0.2) is 0 Å². The first-order valence-electron chi connectivity index (χ1n) is 3.75. The van der Waals surface area contributed by atoms with Gasteiger partial charge in [0.1, 0.15) is 12.3 Å². The maximum absolute atomic E-state index is 12.6. The van der Waals surface area contributed by atoms with Crippen molar-refractivity contribution in [2.75, 3.05) is 0 Å². The molecule has 0 spiro atoms. The molecule has 1 saturated carbocycles. The molecular formula is C7H8F6. The van der Waals surface area contributed by atoms with Crippen LogP contribution in [-0.2, 0) is 0 Å². The van der Waals surface area contributed by atoms with Crippen molar-refractivity contribution in [3.05, 3.63) is 0 Å². The molecule has 13 heavy (non-hydrogen) atoms. The first-order valence-corrected chi connectivity index (χ1v) is 3.75. The molecule has 0 aromatic rings. The Kier molecular flexibility index (Phi) is 2.51. The lowest BCUT2D eigenvalue weighted by Gasteiger charge is -2.20. The highest BCUT2D eigenvalue weighted by atomic mass is 19.4. The quantitative estimate of drug-likeness (QED) is 0.534. The number of hydrogen-bond acceptors (Lipinski definition) is 0. The summed E-state index contributed by atoms with van der Waals surface area (Å²) in [6.07, 6.45) is -12.7. The maximum atomic E-state index is 12.6. The number of halogens is 6. The van der Waals surface area contributed by atoms with E-state index < -0.39 is 36.5 Å². The zero-order valence-electron chi connectivity index (χ0n) is 6.65. The summed E-state index contributed by atoms with van der Waals surface area (Å²) >= 11 is 0. The third kappa shape index (κ3) is 1.62. The molecule has 4 unspecified atom stereocenters. The predicted molar refractivity (Wildman–Crippen MR) is 33.4 cm³/mol. The Morgan fingerprint density at radius 3 is 1.46 bits per heavy atom. The molecule has 6 heteroatoms. The van der Waals surface area contributed by atoms with Gasteiger partial charge in [-0.1, -0.05) is 6.92 Å². The van der Waals surface area contributed by atoms with Crippen LogP contribution in [0.1, 0.15) is 6.92 Å². The van der Waals surface area contributed by atoms with Crippen molar-refractivity contribution in [2.45, 2.75) is 31.6 Å². The molecule has 1 rings (SSSR count). The van der Waals surface area contributed by atoms with Crippen molar-refractivity contribution in [3.8, 4) is 0 Å². The van der Waals surface area contributed by atoms with E-state index in [1.54, 1.807) is 0 Å². The van der Waals surface area contributed by atoms with Crippen molar-refractivity contribution < 1.29 is 26.3 Å². The third-order valence-corrected chi connectivity index (χ3v) is 2.40. The second-order valence-corrected chi connectivity index (χ2v) is 3.26. The van der Waals surface area contributed by atoms with E-state index in [-0.39, 0.29) is 0 Å². The first kappa shape index (κ1) is 10.7. The average molecular weight is 206 g/mol. The van der Waals surface area contributed by atoms with Crippen LogP contribution in [0.2, 0.25) is 0 Å². The van der Waals surface area contributed by atoms with Crippen LogP contribution in [0, 0.1) is 11.8 Å². The lowest BCUT2D eigenvalue weighted by Crippen LogP contribution is -2.33. The third-order valence-electron chi connectivity index (χ3n) is 2.40. The van der Waals surface area contributed by atoms with Crippen LogP contribution in [0.25, 0.3) is 0 Å². The summed E-state index contributed by atoms with van der Waals surface area (Å²) < 4.78 is 73.9. The number of alkyl halides is 6. The van der Waals surface area contributed by atoms with Crippen molar-refractivity contribution in [2.24, 2.45) is 11.8 Å². The zero-order chi connectivity index (χ0) is 10.4. The minimum atomic E-state index is -4.87. The van der Waals surface area contributed by atoms with Crippen molar-refractivity contribution in [1.29, 1.82) is 0 Å². The molecule has 0 saturated heterocycles. The SMILES string of the molecule is C[C@H]1C(F)C(F)C(F)C1C(F)(F)F. The van der Waals surface area contributed by atoms with Crippen LogP contribution in [0.4, 0.5) is 26.3 Å². The Morgan fingerprint density at radius 1 is 0.846 bits per heavy atom. The summed E-state index contributed by atoms with van der Waals surface area (Å²) in [6, 6.07) is 0. The molecular weight excluding hydrogens is 198 g/mol. The van der Waals surface area contributed by atoms with Crippen LogP contribution >= 0.6 is 0 Å². The van der Waals surface area contributed by atoms with E-state index in [1.165, 1.54) is 0 Å². The molecule has 1 fully saturated rings. The van der Waals surface area contributed by atoms with E-state index in [1.807, 2.05) is 0 Å². The second kappa shape index (κ2) is 3.06. The van der Waals surface area contributed by atoms with Crippen LogP contribution < -0.4 is 0 Å². The Morgan fingerprint density at radius 2 is 1.31 bits per heavy atom. The molecule has 0 heterocycles. The number of hydrogen-bond donors (Lipinski definition) is 0. The standard InChI is InChI=1S/C7H8F6/c1-2-3(7(11,12)13)5(9)6(10)4(2)8/h2-6H,1H3/t2-,3?,4?,5?,6?/m1/s1. The molecule has 78 valence electrons. The van der Waals surface area contributed by atoms with Gasteiger partial charge >= 0.3 is 6.18 Å². The molecule has 0 amide bonds.